The molecule has 0 aliphatic rings. The summed E-state index contributed by atoms with van der Waals surface area (Å²) in [6, 6.07) is 0. The summed E-state index contributed by atoms with van der Waals surface area (Å²) in [7, 11) is 1.12. The number of nitrogens with zero attached hydrogens (tertiary/aromatic N) is 1. The van der Waals surface area contributed by atoms with Crippen LogP contribution in [0.2, 0.25) is 0 Å². The fraction of sp³-hybridized carbons (Fsp3) is 0.778. The molecule has 0 aliphatic carbocycles. The van der Waals surface area contributed by atoms with E-state index in [0.717, 1.165) is 12.0 Å². The van der Waals surface area contributed by atoms with Crippen molar-refractivity contribution in [1.82, 2.24) is 4.90 Å². The minimum atomic E-state index is -4.58. The van der Waals surface area contributed by atoms with Gasteiger partial charge < -0.3 is 9.47 Å². The van der Waals surface area contributed by atoms with Crippen molar-refractivity contribution in [2.24, 2.45) is 0 Å². The minimum absolute atomic E-state index is 0.117. The van der Waals surface area contributed by atoms with Crippen LogP contribution in [-0.4, -0.2) is 49.9 Å². The molecule has 0 saturated carbocycles. The van der Waals surface area contributed by atoms with Crippen LogP contribution in [0.4, 0.5) is 18.0 Å². The predicted molar refractivity (Wildman–Crippen MR) is 51.3 cm³/mol. The van der Waals surface area contributed by atoms with Crippen LogP contribution in [0.1, 0.15) is 13.3 Å². The second-order valence-electron chi connectivity index (χ2n) is 3.17. The molecule has 0 spiro atoms. The van der Waals surface area contributed by atoms with Gasteiger partial charge in [-0.1, -0.05) is 6.92 Å². The molecule has 0 bridgehead atoms. The van der Waals surface area contributed by atoms with E-state index in [2.05, 4.69) is 9.47 Å². The van der Waals surface area contributed by atoms with Gasteiger partial charge in [-0.25, -0.2) is 4.79 Å². The van der Waals surface area contributed by atoms with Crippen LogP contribution in [0.3, 0.4) is 0 Å². The van der Waals surface area contributed by atoms with E-state index in [1.54, 1.807) is 6.92 Å². The molecule has 0 aromatic carbocycles. The molecule has 0 radical (unpaired) electrons. The van der Waals surface area contributed by atoms with Crippen LogP contribution in [0.25, 0.3) is 0 Å². The van der Waals surface area contributed by atoms with Gasteiger partial charge in [0.05, 0.1) is 7.11 Å². The highest BCUT2D eigenvalue weighted by atomic mass is 19.4. The van der Waals surface area contributed by atoms with Crippen molar-refractivity contribution in [3.05, 3.63) is 0 Å². The van der Waals surface area contributed by atoms with E-state index in [4.69, 9.17) is 0 Å². The Bertz CT molecular complexity index is 267. The molecule has 0 atom stereocenters. The molecule has 0 aromatic heterocycles. The third-order valence-electron chi connectivity index (χ3n) is 1.66. The molecule has 0 aliphatic heterocycles. The maximum absolute atomic E-state index is 11.8. The van der Waals surface area contributed by atoms with Gasteiger partial charge in [0.2, 0.25) is 0 Å². The largest absolute Gasteiger partial charge is 0.468 e. The monoisotopic (exact) mass is 257 g/mol. The third-order valence-corrected chi connectivity index (χ3v) is 1.66. The summed E-state index contributed by atoms with van der Waals surface area (Å²) in [4.78, 5) is 23.0. The zero-order chi connectivity index (χ0) is 13.5. The van der Waals surface area contributed by atoms with Crippen LogP contribution >= 0.6 is 0 Å². The molecule has 0 rings (SSSR count). The van der Waals surface area contributed by atoms with Crippen molar-refractivity contribution in [3.8, 4) is 0 Å². The first-order valence-electron chi connectivity index (χ1n) is 4.85. The maximum atomic E-state index is 11.8. The van der Waals surface area contributed by atoms with Crippen LogP contribution < -0.4 is 0 Å². The number of amides is 1. The van der Waals surface area contributed by atoms with Crippen LogP contribution in [0.15, 0.2) is 0 Å². The first-order valence-corrected chi connectivity index (χ1v) is 4.85. The second kappa shape index (κ2) is 6.97. The zero-order valence-electron chi connectivity index (χ0n) is 9.54. The van der Waals surface area contributed by atoms with Gasteiger partial charge in [0.15, 0.2) is 6.61 Å². The number of carbonyl (C=O) groups excluding carboxylic acids is 2. The van der Waals surface area contributed by atoms with E-state index in [1.165, 1.54) is 0 Å². The van der Waals surface area contributed by atoms with Crippen LogP contribution in [0, 0.1) is 0 Å². The summed E-state index contributed by atoms with van der Waals surface area (Å²) in [5, 5.41) is 0. The molecule has 17 heavy (non-hydrogen) atoms. The third kappa shape index (κ3) is 7.42. The first kappa shape index (κ1) is 15.5. The quantitative estimate of drug-likeness (QED) is 0.701. The van der Waals surface area contributed by atoms with Crippen molar-refractivity contribution in [3.63, 3.8) is 0 Å². The maximum Gasteiger partial charge on any atom is 0.422 e. The Morgan fingerprint density at radius 3 is 2.29 bits per heavy atom. The summed E-state index contributed by atoms with van der Waals surface area (Å²) < 4.78 is 43.8. The van der Waals surface area contributed by atoms with Crippen molar-refractivity contribution in [2.75, 3.05) is 26.8 Å². The second-order valence-corrected chi connectivity index (χ2v) is 3.17. The minimum Gasteiger partial charge on any atom is -0.468 e. The Morgan fingerprint density at radius 2 is 1.88 bits per heavy atom. The Balaban J connectivity index is 4.29. The Kier molecular flexibility index (Phi) is 6.37. The molecular weight excluding hydrogens is 243 g/mol. The van der Waals surface area contributed by atoms with Crippen LogP contribution in [-0.2, 0) is 14.3 Å². The number of esters is 1. The standard InChI is InChI=1S/C9H14F3NO4/c1-3-4-13(5-7(14)16-2)8(15)17-6-9(10,11)12/h3-6H2,1-2H3. The van der Waals surface area contributed by atoms with Gasteiger partial charge in [0.1, 0.15) is 6.54 Å². The first-order chi connectivity index (χ1) is 7.80. The summed E-state index contributed by atoms with van der Waals surface area (Å²) in [6.45, 7) is -0.276. The van der Waals surface area contributed by atoms with Gasteiger partial charge in [0, 0.05) is 6.54 Å². The van der Waals surface area contributed by atoms with Gasteiger partial charge in [-0.15, -0.1) is 0 Å². The van der Waals surface area contributed by atoms with Crippen molar-refractivity contribution in [1.29, 1.82) is 0 Å². The predicted octanol–water partition coefficient (Wildman–Crippen LogP) is 1.57. The average Bonchev–Trinajstić information content (AvgIpc) is 2.24. The molecule has 0 saturated heterocycles. The highest BCUT2D eigenvalue weighted by molar-refractivity contribution is 5.77. The lowest BCUT2D eigenvalue weighted by Gasteiger charge is -2.20. The number of rotatable bonds is 5. The highest BCUT2D eigenvalue weighted by Gasteiger charge is 2.31. The lowest BCUT2D eigenvalue weighted by atomic mass is 10.4. The smallest absolute Gasteiger partial charge is 0.422 e. The Morgan fingerprint density at radius 1 is 1.29 bits per heavy atom. The van der Waals surface area contributed by atoms with E-state index in [1.807, 2.05) is 0 Å². The van der Waals surface area contributed by atoms with E-state index in [0.29, 0.717) is 6.42 Å². The number of halogens is 3. The summed E-state index contributed by atoms with van der Waals surface area (Å²) >= 11 is 0. The SMILES string of the molecule is CCCN(CC(=O)OC)C(=O)OCC(F)(F)F. The fourth-order valence-electron chi connectivity index (χ4n) is 0.960. The average molecular weight is 257 g/mol. The number of ether oxygens (including phenoxy) is 2. The number of hydrogen-bond donors (Lipinski definition) is 0. The molecule has 1 amide bonds. The molecule has 8 heteroatoms. The molecule has 0 unspecified atom stereocenters. The van der Waals surface area contributed by atoms with E-state index in [9.17, 15) is 22.8 Å². The summed E-state index contributed by atoms with van der Waals surface area (Å²) in [5.41, 5.74) is 0. The van der Waals surface area contributed by atoms with Gasteiger partial charge in [-0.3, -0.25) is 9.69 Å². The van der Waals surface area contributed by atoms with Gasteiger partial charge in [-0.2, -0.15) is 13.2 Å². The van der Waals surface area contributed by atoms with Gasteiger partial charge in [-0.05, 0) is 6.42 Å². The number of hydrogen-bond acceptors (Lipinski definition) is 4. The fourth-order valence-corrected chi connectivity index (χ4v) is 0.960. The molecule has 5 nitrogen and oxygen atoms in total. The normalized spacial score (nSPS) is 10.9. The van der Waals surface area contributed by atoms with E-state index >= 15 is 0 Å². The zero-order valence-corrected chi connectivity index (χ0v) is 9.54. The number of methoxy groups -OCH3 is 1. The topological polar surface area (TPSA) is 55.8 Å². The van der Waals surface area contributed by atoms with Crippen molar-refractivity contribution < 1.29 is 32.2 Å². The number of carbonyl (C=O) groups is 2. The Hall–Kier alpha value is -1.47. The van der Waals surface area contributed by atoms with Crippen LogP contribution in [0.5, 0.6) is 0 Å². The Labute approximate surface area is 96.5 Å². The highest BCUT2D eigenvalue weighted by Crippen LogP contribution is 2.15. The molecule has 0 fully saturated rings. The molecule has 0 aromatic rings. The lowest BCUT2D eigenvalue weighted by molar-refractivity contribution is -0.162. The summed E-state index contributed by atoms with van der Waals surface area (Å²) in [5.74, 6) is -0.720. The van der Waals surface area contributed by atoms with E-state index in [-0.39, 0.29) is 6.54 Å². The van der Waals surface area contributed by atoms with E-state index < -0.39 is 31.4 Å². The van der Waals surface area contributed by atoms with Gasteiger partial charge in [0.25, 0.3) is 0 Å². The van der Waals surface area contributed by atoms with Crippen molar-refractivity contribution in [2.45, 2.75) is 19.5 Å². The van der Waals surface area contributed by atoms with Gasteiger partial charge >= 0.3 is 18.2 Å². The lowest BCUT2D eigenvalue weighted by Crippen LogP contribution is -2.38. The summed E-state index contributed by atoms with van der Waals surface area (Å²) in [6.07, 6.45) is -5.29. The molecule has 0 N–H and O–H groups in total. The molecule has 100 valence electrons. The number of alkyl halides is 3. The molecule has 0 heterocycles. The molecular formula is C9H14F3NO4. The van der Waals surface area contributed by atoms with Crippen molar-refractivity contribution >= 4 is 12.1 Å².